The summed E-state index contributed by atoms with van der Waals surface area (Å²) in [6, 6.07) is 15.2. The van der Waals surface area contributed by atoms with Crippen molar-refractivity contribution in [3.8, 4) is 23.7 Å². The summed E-state index contributed by atoms with van der Waals surface area (Å²) in [4.78, 5) is 47.4. The second-order valence-corrected chi connectivity index (χ2v) is 18.0. The molecule has 0 amide bonds. The van der Waals surface area contributed by atoms with E-state index < -0.39 is 24.1 Å². The third-order valence-electron chi connectivity index (χ3n) is 8.16. The predicted octanol–water partition coefficient (Wildman–Crippen LogP) is 3.64. The number of aromatic nitrogens is 4. The highest BCUT2D eigenvalue weighted by atomic mass is 35.5. The maximum absolute atomic E-state index is 12.2. The van der Waals surface area contributed by atoms with Crippen LogP contribution in [0.3, 0.4) is 0 Å². The summed E-state index contributed by atoms with van der Waals surface area (Å²) < 4.78 is 21.1. The largest absolute Gasteiger partial charge is 0.547 e. The lowest BCUT2D eigenvalue weighted by Crippen LogP contribution is -2.51. The number of hydrogen-bond acceptors (Lipinski definition) is 14. The molecule has 6 aromatic heterocycles. The van der Waals surface area contributed by atoms with Gasteiger partial charge in [-0.05, 0) is 61.0 Å². The highest BCUT2D eigenvalue weighted by Crippen LogP contribution is 2.31. The number of hydrogen-bond donors (Lipinski definition) is 2. The van der Waals surface area contributed by atoms with E-state index in [0.717, 1.165) is 28.2 Å². The molecule has 0 aromatic carbocycles. The van der Waals surface area contributed by atoms with E-state index in [1.165, 1.54) is 45.3 Å². The molecule has 62 heavy (non-hydrogen) atoms. The summed E-state index contributed by atoms with van der Waals surface area (Å²) in [7, 11) is 0. The molecule has 0 saturated heterocycles. The minimum atomic E-state index is -2.44. The first-order chi connectivity index (χ1) is 29.8. The average molecular weight is 960 g/mol. The zero-order chi connectivity index (χ0) is 45.0. The monoisotopic (exact) mass is 958 g/mol. The van der Waals surface area contributed by atoms with Gasteiger partial charge in [0.2, 0.25) is 24.2 Å². The zero-order valence-electron chi connectivity index (χ0n) is 33.1. The Morgan fingerprint density at radius 2 is 1.10 bits per heavy atom. The molecule has 0 saturated carbocycles. The van der Waals surface area contributed by atoms with Gasteiger partial charge in [-0.3, -0.25) is 9.59 Å². The van der Waals surface area contributed by atoms with Crippen LogP contribution in [0, 0.1) is 23.7 Å². The van der Waals surface area contributed by atoms with Crippen LogP contribution in [0.15, 0.2) is 96.7 Å². The Labute approximate surface area is 383 Å². The average Bonchev–Trinajstić information content (AvgIpc) is 4.10. The van der Waals surface area contributed by atoms with Gasteiger partial charge in [0, 0.05) is 9.75 Å². The number of halogens is 2. The van der Waals surface area contributed by atoms with Crippen LogP contribution in [0.25, 0.3) is 0 Å². The van der Waals surface area contributed by atoms with Crippen LogP contribution in [-0.2, 0) is 45.2 Å². The Kier molecular flexibility index (Phi) is 20.7. The van der Waals surface area contributed by atoms with Crippen molar-refractivity contribution in [2.45, 2.75) is 64.4 Å². The number of Topliss-reactive ketones (excluding diaryl/α,β-unsaturated/α-hetero) is 2. The molecule has 4 atom stereocenters. The molecule has 0 spiro atoms. The van der Waals surface area contributed by atoms with E-state index in [-0.39, 0.29) is 23.8 Å². The number of aliphatic carboxylic acids is 2. The van der Waals surface area contributed by atoms with Gasteiger partial charge in [0.05, 0.1) is 30.4 Å². The Balaban J connectivity index is 0.000000225. The van der Waals surface area contributed by atoms with Crippen molar-refractivity contribution < 1.29 is 58.2 Å². The molecule has 0 radical (unpaired) electrons. The number of rotatable bonds is 19. The highest BCUT2D eigenvalue weighted by molar-refractivity contribution is 7.16. The van der Waals surface area contributed by atoms with Gasteiger partial charge in [0.25, 0.3) is 0 Å². The Morgan fingerprint density at radius 1 is 0.694 bits per heavy atom. The molecule has 4 unspecified atom stereocenters. The predicted molar refractivity (Wildman–Crippen MR) is 232 cm³/mol. The summed E-state index contributed by atoms with van der Waals surface area (Å²) in [6.07, 6.45) is 6.37. The molecule has 6 heterocycles. The van der Waals surface area contributed by atoms with E-state index >= 15 is 0 Å². The number of carbonyl (C=O) groups excluding carboxylic acids is 4. The molecule has 14 nitrogen and oxygen atoms in total. The van der Waals surface area contributed by atoms with Gasteiger partial charge in [0.1, 0.15) is 75.5 Å². The lowest BCUT2D eigenvalue weighted by atomic mass is 10.2. The quantitative estimate of drug-likeness (QED) is 0.0689. The van der Waals surface area contributed by atoms with Crippen LogP contribution in [-0.4, -0.2) is 68.3 Å². The molecule has 20 heteroatoms. The number of carboxylic acids is 2. The first-order valence-corrected chi connectivity index (χ1v) is 22.5. The van der Waals surface area contributed by atoms with E-state index in [4.69, 9.17) is 42.9 Å². The second kappa shape index (κ2) is 25.8. The Bertz CT molecular complexity index is 2300. The number of ether oxygens (including phenoxy) is 2. The van der Waals surface area contributed by atoms with Crippen molar-refractivity contribution in [3.63, 3.8) is 0 Å². The molecule has 6 rings (SSSR count). The highest BCUT2D eigenvalue weighted by Gasteiger charge is 2.22. The standard InChI is InChI=1S/2C19H18ClN2O2S2.C4H6O6/c2*1-2-3-10-24-16(18-6-7-19(20)26-18)13-22-9-8-21(14-22)12-15(23)17-5-4-11-25-17;5-1(3(7)8)2(6)4(9)10/h2*4-9,11,14,16H,10,12-13H2,1H3;1-2,5-6H,(H,7,8)(H,9,10)/q2*+1;/p-2. The molecule has 0 bridgehead atoms. The van der Waals surface area contributed by atoms with Crippen molar-refractivity contribution in [1.82, 2.24) is 9.13 Å². The van der Waals surface area contributed by atoms with E-state index in [1.807, 2.05) is 115 Å². The fourth-order valence-corrected chi connectivity index (χ4v) is 8.68. The zero-order valence-corrected chi connectivity index (χ0v) is 37.9. The third kappa shape index (κ3) is 16.4. The maximum Gasteiger partial charge on any atom is 0.244 e. The van der Waals surface area contributed by atoms with Gasteiger partial charge in [-0.25, -0.2) is 18.3 Å². The summed E-state index contributed by atoms with van der Waals surface area (Å²) in [6.45, 7) is 6.23. The lowest BCUT2D eigenvalue weighted by Gasteiger charge is -2.18. The Hall–Kier alpha value is -4.96. The van der Waals surface area contributed by atoms with Crippen LogP contribution in [0.2, 0.25) is 8.67 Å². The molecule has 0 aliphatic carbocycles. The van der Waals surface area contributed by atoms with Crippen LogP contribution in [0.1, 0.15) is 55.2 Å². The fraction of sp³-hybridized carbons (Fsp3) is 0.286. The smallest absolute Gasteiger partial charge is 0.244 e. The molecule has 2 N–H and O–H groups in total. The van der Waals surface area contributed by atoms with Crippen LogP contribution >= 0.6 is 68.5 Å². The van der Waals surface area contributed by atoms with Gasteiger partial charge < -0.3 is 39.5 Å². The Morgan fingerprint density at radius 3 is 1.40 bits per heavy atom. The van der Waals surface area contributed by atoms with E-state index in [2.05, 4.69) is 23.7 Å². The van der Waals surface area contributed by atoms with E-state index in [9.17, 15) is 29.4 Å². The molecular weight excluding hydrogens is 920 g/mol. The van der Waals surface area contributed by atoms with Gasteiger partial charge in [-0.2, -0.15) is 0 Å². The number of nitrogens with zero attached hydrogens (tertiary/aromatic N) is 4. The van der Waals surface area contributed by atoms with E-state index in [0.29, 0.717) is 39.4 Å². The number of ketones is 2. The number of imidazole rings is 2. The SMILES string of the molecule is CC#CCOC(Cn1cc[n+](CC(=O)c2cccs2)c1)c1ccc(Cl)s1.CC#CCOC(Cn1cc[n+](CC(=O)c2cccs2)c1)c1ccc(Cl)s1.O=C([O-])C(O)C(O)C(=O)[O-]. The van der Waals surface area contributed by atoms with Crippen LogP contribution in [0.5, 0.6) is 0 Å². The fourth-order valence-electron chi connectivity index (χ4n) is 5.16. The first-order valence-electron chi connectivity index (χ1n) is 18.3. The van der Waals surface area contributed by atoms with Crippen molar-refractivity contribution in [2.24, 2.45) is 0 Å². The lowest BCUT2D eigenvalue weighted by molar-refractivity contribution is -0.682. The van der Waals surface area contributed by atoms with Gasteiger partial charge in [-0.1, -0.05) is 47.2 Å². The summed E-state index contributed by atoms with van der Waals surface area (Å²) in [5, 5.41) is 39.6. The minimum Gasteiger partial charge on any atom is -0.547 e. The van der Waals surface area contributed by atoms with Crippen molar-refractivity contribution >= 4 is 92.1 Å². The normalized spacial score (nSPS) is 12.4. The maximum atomic E-state index is 12.2. The molecule has 6 aromatic rings. The summed E-state index contributed by atoms with van der Waals surface area (Å²) in [5.41, 5.74) is 0. The number of thiophene rings is 4. The molecule has 0 aliphatic heterocycles. The van der Waals surface area contributed by atoms with Crippen molar-refractivity contribution in [1.29, 1.82) is 0 Å². The van der Waals surface area contributed by atoms with Gasteiger partial charge in [0.15, 0.2) is 13.1 Å². The summed E-state index contributed by atoms with van der Waals surface area (Å²) >= 11 is 18.1. The number of aliphatic hydroxyl groups is 2. The molecule has 0 fully saturated rings. The first kappa shape index (κ1) is 49.7. The number of carbonyl (C=O) groups is 4. The van der Waals surface area contributed by atoms with Crippen molar-refractivity contribution in [3.05, 3.63) is 125 Å². The van der Waals surface area contributed by atoms with Crippen molar-refractivity contribution in [2.75, 3.05) is 13.2 Å². The molecule has 0 aliphatic rings. The third-order valence-corrected chi connectivity index (χ3v) is 12.6. The van der Waals surface area contributed by atoms with Gasteiger partial charge >= 0.3 is 0 Å². The molecule has 326 valence electrons. The second-order valence-electron chi connectivity index (χ2n) is 12.6. The topological polar surface area (TPSA) is 191 Å². The summed E-state index contributed by atoms with van der Waals surface area (Å²) in [5.74, 6) is 7.64. The minimum absolute atomic E-state index is 0.110. The molecular formula is C42H40Cl2N4O10S4. The number of carboxylic acid groups (broad SMARTS) is 2. The van der Waals surface area contributed by atoms with E-state index in [1.54, 1.807) is 13.8 Å². The van der Waals surface area contributed by atoms with Crippen LogP contribution in [0.4, 0.5) is 0 Å². The van der Waals surface area contributed by atoms with Gasteiger partial charge in [-0.15, -0.1) is 57.2 Å². The van der Waals surface area contributed by atoms with Crippen LogP contribution < -0.4 is 19.3 Å². The number of aliphatic hydroxyl groups excluding tert-OH is 2.